The number of methoxy groups -OCH3 is 1. The van der Waals surface area contributed by atoms with Crippen LogP contribution in [0.3, 0.4) is 0 Å². The van der Waals surface area contributed by atoms with Gasteiger partial charge >= 0.3 is 5.97 Å². The summed E-state index contributed by atoms with van der Waals surface area (Å²) in [5.74, 6) is -0.168. The Kier molecular flexibility index (Phi) is 7.88. The van der Waals surface area contributed by atoms with E-state index in [2.05, 4.69) is 15.9 Å². The third-order valence-corrected chi connectivity index (χ3v) is 6.42. The standard InChI is InChI=1S/C20H24BrNO5S/c1-4-6-13-22(17-10-7-15(8-11-17)20(23)27-5-2)28(24,25)19-14-16(21)9-12-18(19)26-3/h7-12,14H,4-6,13H2,1-3H3. The number of hydrogen-bond donors (Lipinski definition) is 0. The molecule has 0 N–H and O–H groups in total. The fourth-order valence-electron chi connectivity index (χ4n) is 2.64. The van der Waals surface area contributed by atoms with Crippen LogP contribution in [0.4, 0.5) is 5.69 Å². The highest BCUT2D eigenvalue weighted by Crippen LogP contribution is 2.32. The van der Waals surface area contributed by atoms with E-state index in [1.165, 1.54) is 17.5 Å². The lowest BCUT2D eigenvalue weighted by atomic mass is 10.2. The molecule has 2 aromatic carbocycles. The van der Waals surface area contributed by atoms with Crippen LogP contribution in [0, 0.1) is 0 Å². The second-order valence-corrected chi connectivity index (χ2v) is 8.74. The first-order valence-corrected chi connectivity index (χ1v) is 11.2. The molecule has 152 valence electrons. The molecule has 0 bridgehead atoms. The summed E-state index contributed by atoms with van der Waals surface area (Å²) in [7, 11) is -2.44. The predicted molar refractivity (Wildman–Crippen MR) is 113 cm³/mol. The van der Waals surface area contributed by atoms with Crippen molar-refractivity contribution in [2.24, 2.45) is 0 Å². The zero-order chi connectivity index (χ0) is 20.7. The average Bonchev–Trinajstić information content (AvgIpc) is 2.68. The molecule has 0 saturated carbocycles. The number of esters is 1. The Morgan fingerprint density at radius 3 is 2.36 bits per heavy atom. The number of carbonyl (C=O) groups excluding carboxylic acids is 1. The van der Waals surface area contributed by atoms with E-state index in [4.69, 9.17) is 9.47 Å². The number of rotatable bonds is 9. The molecule has 0 spiro atoms. The van der Waals surface area contributed by atoms with Gasteiger partial charge in [-0.15, -0.1) is 0 Å². The molecule has 2 aromatic rings. The number of sulfonamides is 1. The quantitative estimate of drug-likeness (QED) is 0.500. The van der Waals surface area contributed by atoms with E-state index >= 15 is 0 Å². The minimum Gasteiger partial charge on any atom is -0.495 e. The number of carbonyl (C=O) groups is 1. The van der Waals surface area contributed by atoms with Gasteiger partial charge in [-0.05, 0) is 55.8 Å². The lowest BCUT2D eigenvalue weighted by Crippen LogP contribution is -2.32. The monoisotopic (exact) mass is 469 g/mol. The molecule has 0 aliphatic heterocycles. The van der Waals surface area contributed by atoms with E-state index in [0.717, 1.165) is 6.42 Å². The molecule has 0 aliphatic carbocycles. The molecule has 2 rings (SSSR count). The normalized spacial score (nSPS) is 11.1. The Morgan fingerprint density at radius 2 is 1.79 bits per heavy atom. The van der Waals surface area contributed by atoms with Crippen molar-refractivity contribution in [1.29, 1.82) is 0 Å². The summed E-state index contributed by atoms with van der Waals surface area (Å²) >= 11 is 3.33. The van der Waals surface area contributed by atoms with Crippen molar-refractivity contribution in [3.05, 3.63) is 52.5 Å². The number of halogens is 1. The van der Waals surface area contributed by atoms with E-state index < -0.39 is 16.0 Å². The summed E-state index contributed by atoms with van der Waals surface area (Å²) in [6.07, 6.45) is 1.53. The summed E-state index contributed by atoms with van der Waals surface area (Å²) in [5.41, 5.74) is 0.849. The van der Waals surface area contributed by atoms with E-state index in [1.54, 1.807) is 43.3 Å². The van der Waals surface area contributed by atoms with Gasteiger partial charge in [-0.25, -0.2) is 13.2 Å². The van der Waals surface area contributed by atoms with E-state index in [1.807, 2.05) is 6.92 Å². The fourth-order valence-corrected chi connectivity index (χ4v) is 4.84. The van der Waals surface area contributed by atoms with Gasteiger partial charge in [0.2, 0.25) is 0 Å². The largest absolute Gasteiger partial charge is 0.495 e. The van der Waals surface area contributed by atoms with Crippen molar-refractivity contribution in [3.8, 4) is 5.75 Å². The molecule has 0 fully saturated rings. The number of benzene rings is 2. The second-order valence-electron chi connectivity index (χ2n) is 5.99. The van der Waals surface area contributed by atoms with Crippen LogP contribution in [-0.2, 0) is 14.8 Å². The maximum atomic E-state index is 13.4. The summed E-state index contributed by atoms with van der Waals surface area (Å²) in [6.45, 7) is 4.32. The Morgan fingerprint density at radius 1 is 1.11 bits per heavy atom. The SMILES string of the molecule is CCCCN(c1ccc(C(=O)OCC)cc1)S(=O)(=O)c1cc(Br)ccc1OC. The minimum atomic E-state index is -3.87. The van der Waals surface area contributed by atoms with Crippen LogP contribution in [0.2, 0.25) is 0 Å². The molecule has 0 radical (unpaired) electrons. The first kappa shape index (κ1) is 22.2. The summed E-state index contributed by atoms with van der Waals surface area (Å²) in [5, 5.41) is 0. The van der Waals surface area contributed by atoms with Crippen molar-refractivity contribution in [1.82, 2.24) is 0 Å². The van der Waals surface area contributed by atoms with Crippen molar-refractivity contribution in [2.75, 3.05) is 24.6 Å². The maximum absolute atomic E-state index is 13.4. The van der Waals surface area contributed by atoms with Crippen molar-refractivity contribution in [2.45, 2.75) is 31.6 Å². The van der Waals surface area contributed by atoms with Crippen LogP contribution in [0.15, 0.2) is 51.8 Å². The summed E-state index contributed by atoms with van der Waals surface area (Å²) in [6, 6.07) is 11.2. The molecule has 0 amide bonds. The first-order chi connectivity index (χ1) is 13.3. The van der Waals surface area contributed by atoms with Crippen molar-refractivity contribution in [3.63, 3.8) is 0 Å². The van der Waals surface area contributed by atoms with Crippen LogP contribution in [0.1, 0.15) is 37.0 Å². The van der Waals surface area contributed by atoms with Crippen molar-refractivity contribution >= 4 is 37.6 Å². The number of ether oxygens (including phenoxy) is 2. The highest BCUT2D eigenvalue weighted by Gasteiger charge is 2.28. The third kappa shape index (κ3) is 5.05. The molecule has 0 unspecified atom stereocenters. The van der Waals surface area contributed by atoms with Gasteiger partial charge in [0.25, 0.3) is 10.0 Å². The highest BCUT2D eigenvalue weighted by atomic mass is 79.9. The van der Waals surface area contributed by atoms with Gasteiger partial charge in [0.05, 0.1) is 25.0 Å². The van der Waals surface area contributed by atoms with Gasteiger partial charge in [0, 0.05) is 11.0 Å². The van der Waals surface area contributed by atoms with Crippen LogP contribution in [-0.4, -0.2) is 34.6 Å². The zero-order valence-corrected chi connectivity index (χ0v) is 18.5. The number of hydrogen-bond acceptors (Lipinski definition) is 5. The molecule has 8 heteroatoms. The topological polar surface area (TPSA) is 72.9 Å². The molecule has 0 saturated heterocycles. The van der Waals surface area contributed by atoms with Crippen LogP contribution in [0.5, 0.6) is 5.75 Å². The predicted octanol–water partition coefficient (Wildman–Crippen LogP) is 4.63. The Balaban J connectivity index is 2.48. The van der Waals surface area contributed by atoms with Crippen molar-refractivity contribution < 1.29 is 22.7 Å². The molecule has 6 nitrogen and oxygen atoms in total. The van der Waals surface area contributed by atoms with Gasteiger partial charge in [0.15, 0.2) is 0 Å². The van der Waals surface area contributed by atoms with Gasteiger partial charge in [-0.1, -0.05) is 29.3 Å². The number of nitrogens with zero attached hydrogens (tertiary/aromatic N) is 1. The Bertz CT molecular complexity index is 913. The summed E-state index contributed by atoms with van der Waals surface area (Å²) < 4.78 is 39.1. The smallest absolute Gasteiger partial charge is 0.338 e. The minimum absolute atomic E-state index is 0.0787. The van der Waals surface area contributed by atoms with Gasteiger partial charge in [0.1, 0.15) is 10.6 Å². The number of anilines is 1. The average molecular weight is 470 g/mol. The van der Waals surface area contributed by atoms with E-state index in [0.29, 0.717) is 28.7 Å². The van der Waals surface area contributed by atoms with Gasteiger partial charge < -0.3 is 9.47 Å². The van der Waals surface area contributed by atoms with Crippen LogP contribution < -0.4 is 9.04 Å². The van der Waals surface area contributed by atoms with Crippen LogP contribution >= 0.6 is 15.9 Å². The maximum Gasteiger partial charge on any atom is 0.338 e. The summed E-state index contributed by atoms with van der Waals surface area (Å²) in [4.78, 5) is 11.9. The molecule has 0 heterocycles. The van der Waals surface area contributed by atoms with Crippen LogP contribution in [0.25, 0.3) is 0 Å². The Labute approximate surface area is 174 Å². The number of unbranched alkanes of at least 4 members (excludes halogenated alkanes) is 1. The Hall–Kier alpha value is -2.06. The highest BCUT2D eigenvalue weighted by molar-refractivity contribution is 9.10. The van der Waals surface area contributed by atoms with E-state index in [9.17, 15) is 13.2 Å². The molecular formula is C20H24BrNO5S. The lowest BCUT2D eigenvalue weighted by Gasteiger charge is -2.25. The second kappa shape index (κ2) is 9.93. The molecule has 0 aliphatic rings. The fraction of sp³-hybridized carbons (Fsp3) is 0.350. The molecule has 0 aromatic heterocycles. The first-order valence-electron chi connectivity index (χ1n) is 8.98. The molecular weight excluding hydrogens is 446 g/mol. The third-order valence-electron chi connectivity index (χ3n) is 4.07. The van der Waals surface area contributed by atoms with Gasteiger partial charge in [-0.2, -0.15) is 0 Å². The van der Waals surface area contributed by atoms with Gasteiger partial charge in [-0.3, -0.25) is 4.31 Å². The zero-order valence-electron chi connectivity index (χ0n) is 16.1. The molecule has 0 atom stereocenters. The lowest BCUT2D eigenvalue weighted by molar-refractivity contribution is 0.0526. The van der Waals surface area contributed by atoms with E-state index in [-0.39, 0.29) is 17.3 Å². The molecule has 28 heavy (non-hydrogen) atoms.